The standard InChI is InChI=1S/C17H25NO/c19-17(18-16-12-6-1-2-7-13-16)14-8-11-15-9-4-3-5-10-15/h3-5,9-10,16H,1-2,6-8,11-14H2,(H,18,19). The molecule has 0 atom stereocenters. The van der Waals surface area contributed by atoms with Gasteiger partial charge in [-0.2, -0.15) is 0 Å². The Balaban J connectivity index is 1.64. The summed E-state index contributed by atoms with van der Waals surface area (Å²) in [6.07, 6.45) is 10.2. The molecule has 0 bridgehead atoms. The van der Waals surface area contributed by atoms with E-state index in [9.17, 15) is 4.79 Å². The van der Waals surface area contributed by atoms with E-state index in [1.807, 2.05) is 6.07 Å². The number of carbonyl (C=O) groups is 1. The first-order valence-electron chi connectivity index (χ1n) is 7.68. The van der Waals surface area contributed by atoms with Crippen molar-refractivity contribution >= 4 is 5.91 Å². The molecule has 1 N–H and O–H groups in total. The lowest BCUT2D eigenvalue weighted by atomic mass is 10.1. The van der Waals surface area contributed by atoms with Gasteiger partial charge in [-0.3, -0.25) is 4.79 Å². The summed E-state index contributed by atoms with van der Waals surface area (Å²) in [6, 6.07) is 10.8. The molecule has 1 fully saturated rings. The van der Waals surface area contributed by atoms with Crippen LogP contribution in [0.5, 0.6) is 0 Å². The second-order valence-electron chi connectivity index (χ2n) is 5.60. The maximum Gasteiger partial charge on any atom is 0.220 e. The topological polar surface area (TPSA) is 29.1 Å². The predicted molar refractivity (Wildman–Crippen MR) is 79.0 cm³/mol. The van der Waals surface area contributed by atoms with Crippen LogP contribution in [-0.2, 0) is 11.2 Å². The second kappa shape index (κ2) is 7.98. The van der Waals surface area contributed by atoms with Crippen molar-refractivity contribution in [2.24, 2.45) is 0 Å². The molecule has 2 heteroatoms. The number of carbonyl (C=O) groups excluding carboxylic acids is 1. The maximum atomic E-state index is 11.9. The molecule has 0 saturated heterocycles. The van der Waals surface area contributed by atoms with Crippen LogP contribution < -0.4 is 5.32 Å². The molecule has 1 saturated carbocycles. The van der Waals surface area contributed by atoms with Crippen molar-refractivity contribution in [3.8, 4) is 0 Å². The van der Waals surface area contributed by atoms with Gasteiger partial charge in [0.25, 0.3) is 0 Å². The predicted octanol–water partition coefficient (Wildman–Crippen LogP) is 3.85. The van der Waals surface area contributed by atoms with Crippen molar-refractivity contribution in [3.05, 3.63) is 35.9 Å². The minimum absolute atomic E-state index is 0.239. The average molecular weight is 259 g/mol. The van der Waals surface area contributed by atoms with E-state index in [0.29, 0.717) is 12.5 Å². The summed E-state index contributed by atoms with van der Waals surface area (Å²) in [4.78, 5) is 11.9. The molecule has 19 heavy (non-hydrogen) atoms. The van der Waals surface area contributed by atoms with Crippen LogP contribution in [0.1, 0.15) is 56.9 Å². The van der Waals surface area contributed by atoms with Crippen LogP contribution in [0.25, 0.3) is 0 Å². The Kier molecular flexibility index (Phi) is 5.93. The van der Waals surface area contributed by atoms with Gasteiger partial charge in [0, 0.05) is 12.5 Å². The fourth-order valence-electron chi connectivity index (χ4n) is 2.82. The molecule has 0 radical (unpaired) electrons. The van der Waals surface area contributed by atoms with Gasteiger partial charge < -0.3 is 5.32 Å². The summed E-state index contributed by atoms with van der Waals surface area (Å²) < 4.78 is 0. The van der Waals surface area contributed by atoms with E-state index in [0.717, 1.165) is 12.8 Å². The van der Waals surface area contributed by atoms with E-state index in [1.165, 1.54) is 44.1 Å². The molecular formula is C17H25NO. The Hall–Kier alpha value is -1.31. The first kappa shape index (κ1) is 14.1. The Morgan fingerprint density at radius 3 is 2.42 bits per heavy atom. The number of hydrogen-bond donors (Lipinski definition) is 1. The molecule has 0 spiro atoms. The van der Waals surface area contributed by atoms with E-state index in [1.54, 1.807) is 0 Å². The number of hydrogen-bond acceptors (Lipinski definition) is 1. The van der Waals surface area contributed by atoms with Crippen LogP contribution in [0.2, 0.25) is 0 Å². The second-order valence-corrected chi connectivity index (χ2v) is 5.60. The zero-order chi connectivity index (χ0) is 13.3. The molecule has 0 aliphatic heterocycles. The number of aryl methyl sites for hydroxylation is 1. The molecular weight excluding hydrogens is 234 g/mol. The Morgan fingerprint density at radius 1 is 1.05 bits per heavy atom. The largest absolute Gasteiger partial charge is 0.353 e. The van der Waals surface area contributed by atoms with Crippen LogP contribution in [-0.4, -0.2) is 11.9 Å². The van der Waals surface area contributed by atoms with Gasteiger partial charge in [-0.15, -0.1) is 0 Å². The van der Waals surface area contributed by atoms with E-state index in [-0.39, 0.29) is 5.91 Å². The normalized spacial score (nSPS) is 16.8. The van der Waals surface area contributed by atoms with Gasteiger partial charge in [0.1, 0.15) is 0 Å². The molecule has 1 aromatic rings. The van der Waals surface area contributed by atoms with Gasteiger partial charge in [0.15, 0.2) is 0 Å². The Labute approximate surface area is 116 Å². The van der Waals surface area contributed by atoms with E-state index >= 15 is 0 Å². The van der Waals surface area contributed by atoms with Crippen molar-refractivity contribution in [3.63, 3.8) is 0 Å². The van der Waals surface area contributed by atoms with Crippen molar-refractivity contribution in [2.45, 2.75) is 63.8 Å². The van der Waals surface area contributed by atoms with Crippen LogP contribution in [0.15, 0.2) is 30.3 Å². The van der Waals surface area contributed by atoms with Gasteiger partial charge >= 0.3 is 0 Å². The molecule has 2 rings (SSSR count). The molecule has 104 valence electrons. The summed E-state index contributed by atoms with van der Waals surface area (Å²) in [7, 11) is 0. The first-order chi connectivity index (χ1) is 9.34. The van der Waals surface area contributed by atoms with E-state index in [2.05, 4.69) is 29.6 Å². The quantitative estimate of drug-likeness (QED) is 0.800. The average Bonchev–Trinajstić information content (AvgIpc) is 2.68. The van der Waals surface area contributed by atoms with E-state index in [4.69, 9.17) is 0 Å². The summed E-state index contributed by atoms with van der Waals surface area (Å²) >= 11 is 0. The highest BCUT2D eigenvalue weighted by molar-refractivity contribution is 5.76. The smallest absolute Gasteiger partial charge is 0.220 e. The van der Waals surface area contributed by atoms with Gasteiger partial charge in [0.05, 0.1) is 0 Å². The number of benzene rings is 1. The molecule has 1 aliphatic rings. The zero-order valence-corrected chi connectivity index (χ0v) is 11.7. The molecule has 1 aliphatic carbocycles. The van der Waals surface area contributed by atoms with Crippen LogP contribution in [0.3, 0.4) is 0 Å². The van der Waals surface area contributed by atoms with Crippen molar-refractivity contribution in [1.82, 2.24) is 5.32 Å². The first-order valence-corrected chi connectivity index (χ1v) is 7.68. The van der Waals surface area contributed by atoms with Gasteiger partial charge in [0.2, 0.25) is 5.91 Å². The van der Waals surface area contributed by atoms with Gasteiger partial charge in [-0.25, -0.2) is 0 Å². The van der Waals surface area contributed by atoms with E-state index < -0.39 is 0 Å². The molecule has 2 nitrogen and oxygen atoms in total. The fraction of sp³-hybridized carbons (Fsp3) is 0.588. The van der Waals surface area contributed by atoms with Gasteiger partial charge in [-0.1, -0.05) is 56.0 Å². The number of amides is 1. The SMILES string of the molecule is O=C(CCCc1ccccc1)NC1CCCCCC1. The lowest BCUT2D eigenvalue weighted by molar-refractivity contribution is -0.121. The van der Waals surface area contributed by atoms with Crippen LogP contribution in [0.4, 0.5) is 0 Å². The summed E-state index contributed by atoms with van der Waals surface area (Å²) in [5.41, 5.74) is 1.32. The Bertz CT molecular complexity index is 366. The highest BCUT2D eigenvalue weighted by atomic mass is 16.1. The fourth-order valence-corrected chi connectivity index (χ4v) is 2.82. The highest BCUT2D eigenvalue weighted by Crippen LogP contribution is 2.17. The third-order valence-corrected chi connectivity index (χ3v) is 3.93. The lowest BCUT2D eigenvalue weighted by Crippen LogP contribution is -2.34. The maximum absolute atomic E-state index is 11.9. The molecule has 1 aromatic carbocycles. The van der Waals surface area contributed by atoms with Gasteiger partial charge in [-0.05, 0) is 31.2 Å². The molecule has 1 amide bonds. The molecule has 0 heterocycles. The number of nitrogens with one attached hydrogen (secondary N) is 1. The monoisotopic (exact) mass is 259 g/mol. The number of rotatable bonds is 5. The minimum Gasteiger partial charge on any atom is -0.353 e. The molecule has 0 aromatic heterocycles. The minimum atomic E-state index is 0.239. The van der Waals surface area contributed by atoms with Crippen LogP contribution in [0, 0.1) is 0 Å². The van der Waals surface area contributed by atoms with Crippen LogP contribution >= 0.6 is 0 Å². The third kappa shape index (κ3) is 5.46. The van der Waals surface area contributed by atoms with Crippen molar-refractivity contribution in [1.29, 1.82) is 0 Å². The summed E-state index contributed by atoms with van der Waals surface area (Å²) in [5, 5.41) is 3.21. The lowest BCUT2D eigenvalue weighted by Gasteiger charge is -2.16. The molecule has 0 unspecified atom stereocenters. The third-order valence-electron chi connectivity index (χ3n) is 3.93. The highest BCUT2D eigenvalue weighted by Gasteiger charge is 2.14. The Morgan fingerprint density at radius 2 is 1.74 bits per heavy atom. The summed E-state index contributed by atoms with van der Waals surface area (Å²) in [6.45, 7) is 0. The van der Waals surface area contributed by atoms with Crippen molar-refractivity contribution < 1.29 is 4.79 Å². The van der Waals surface area contributed by atoms with Crippen molar-refractivity contribution in [2.75, 3.05) is 0 Å². The summed E-state index contributed by atoms with van der Waals surface area (Å²) in [5.74, 6) is 0.239. The zero-order valence-electron chi connectivity index (χ0n) is 11.7.